The van der Waals surface area contributed by atoms with Gasteiger partial charge in [0.15, 0.2) is 0 Å². The van der Waals surface area contributed by atoms with Gasteiger partial charge in [-0.2, -0.15) is 13.2 Å². The van der Waals surface area contributed by atoms with Crippen LogP contribution in [0.1, 0.15) is 18.4 Å². The van der Waals surface area contributed by atoms with Crippen molar-refractivity contribution in [1.29, 1.82) is 0 Å². The number of alkyl halides is 3. The summed E-state index contributed by atoms with van der Waals surface area (Å²) in [5.74, 6) is -1.61. The molecule has 1 spiro atoms. The monoisotopic (exact) mass is 385 g/mol. The minimum Gasteiger partial charge on any atom is -0.475 e. The molecule has 2 saturated heterocycles. The molecule has 136 valence electrons. The summed E-state index contributed by atoms with van der Waals surface area (Å²) in [6.07, 6.45) is -3.43. The average Bonchev–Trinajstić information content (AvgIpc) is 3.04. The Balaban J connectivity index is 0.000000256. The van der Waals surface area contributed by atoms with Crippen LogP contribution >= 0.6 is 23.1 Å². The minimum absolute atomic E-state index is 0.430. The quantitative estimate of drug-likeness (QED) is 0.857. The largest absolute Gasteiger partial charge is 0.490 e. The Labute approximate surface area is 145 Å². The number of aryl methyl sites for hydroxylation is 1. The summed E-state index contributed by atoms with van der Waals surface area (Å²) in [5, 5.41) is 17.5. The molecule has 0 radical (unpaired) electrons. The molecule has 3 rings (SSSR count). The number of halogens is 3. The third kappa shape index (κ3) is 4.73. The van der Waals surface area contributed by atoms with Gasteiger partial charge in [0.25, 0.3) is 0 Å². The zero-order valence-corrected chi connectivity index (χ0v) is 14.8. The maximum atomic E-state index is 10.6. The SMILES string of the molecule is CCOC1CSC2(C1)CN(c1nnc(C)s1)C2.O=C(O)C(F)(F)F. The number of anilines is 1. The van der Waals surface area contributed by atoms with Gasteiger partial charge in [0.2, 0.25) is 5.13 Å². The van der Waals surface area contributed by atoms with E-state index in [-0.39, 0.29) is 0 Å². The number of hydrogen-bond donors (Lipinski definition) is 1. The first-order valence-electron chi connectivity index (χ1n) is 7.26. The van der Waals surface area contributed by atoms with Crippen LogP contribution < -0.4 is 4.90 Å². The van der Waals surface area contributed by atoms with Crippen LogP contribution in [-0.4, -0.2) is 63.7 Å². The van der Waals surface area contributed by atoms with E-state index < -0.39 is 12.1 Å². The van der Waals surface area contributed by atoms with Crippen LogP contribution in [-0.2, 0) is 9.53 Å². The van der Waals surface area contributed by atoms with Crippen LogP contribution in [0.5, 0.6) is 0 Å². The number of carbonyl (C=O) groups is 1. The van der Waals surface area contributed by atoms with Crippen molar-refractivity contribution in [2.24, 2.45) is 0 Å². The Morgan fingerprint density at radius 3 is 2.54 bits per heavy atom. The molecule has 1 unspecified atom stereocenters. The number of hydrogen-bond acceptors (Lipinski definition) is 7. The second-order valence-electron chi connectivity index (χ2n) is 5.54. The van der Waals surface area contributed by atoms with Gasteiger partial charge < -0.3 is 14.7 Å². The average molecular weight is 385 g/mol. The van der Waals surface area contributed by atoms with Crippen molar-refractivity contribution in [1.82, 2.24) is 10.2 Å². The molecule has 0 bridgehead atoms. The van der Waals surface area contributed by atoms with Gasteiger partial charge in [0.1, 0.15) is 5.01 Å². The molecule has 11 heteroatoms. The lowest BCUT2D eigenvalue weighted by molar-refractivity contribution is -0.192. The van der Waals surface area contributed by atoms with E-state index in [9.17, 15) is 13.2 Å². The van der Waals surface area contributed by atoms with Crippen LogP contribution in [0.15, 0.2) is 0 Å². The molecule has 0 aromatic carbocycles. The highest BCUT2D eigenvalue weighted by atomic mass is 32.2. The molecule has 0 saturated carbocycles. The van der Waals surface area contributed by atoms with E-state index in [0.717, 1.165) is 35.6 Å². The lowest BCUT2D eigenvalue weighted by atomic mass is 9.93. The van der Waals surface area contributed by atoms with Crippen molar-refractivity contribution in [3.05, 3.63) is 5.01 Å². The van der Waals surface area contributed by atoms with E-state index in [1.807, 2.05) is 6.92 Å². The van der Waals surface area contributed by atoms with Crippen LogP contribution in [0, 0.1) is 6.92 Å². The van der Waals surface area contributed by atoms with Gasteiger partial charge >= 0.3 is 12.1 Å². The molecule has 3 heterocycles. The molecule has 0 amide bonds. The third-order valence-corrected chi connectivity index (χ3v) is 6.04. The van der Waals surface area contributed by atoms with E-state index in [1.54, 1.807) is 11.3 Å². The minimum atomic E-state index is -5.08. The number of aliphatic carboxylic acids is 1. The van der Waals surface area contributed by atoms with Gasteiger partial charge in [0, 0.05) is 25.4 Å². The van der Waals surface area contributed by atoms with Crippen molar-refractivity contribution < 1.29 is 27.8 Å². The van der Waals surface area contributed by atoms with Crippen molar-refractivity contribution in [2.75, 3.05) is 30.3 Å². The van der Waals surface area contributed by atoms with E-state index in [0.29, 0.717) is 10.9 Å². The number of ether oxygens (including phenoxy) is 1. The predicted octanol–water partition coefficient (Wildman–Crippen LogP) is 2.58. The fourth-order valence-electron chi connectivity index (χ4n) is 2.56. The maximum Gasteiger partial charge on any atom is 0.490 e. The van der Waals surface area contributed by atoms with Crippen molar-refractivity contribution in [3.63, 3.8) is 0 Å². The number of rotatable bonds is 3. The molecule has 6 nitrogen and oxygen atoms in total. The van der Waals surface area contributed by atoms with E-state index in [1.165, 1.54) is 6.42 Å². The summed E-state index contributed by atoms with van der Waals surface area (Å²) in [7, 11) is 0. The zero-order chi connectivity index (χ0) is 18.0. The van der Waals surface area contributed by atoms with E-state index in [4.69, 9.17) is 14.6 Å². The lowest BCUT2D eigenvalue weighted by Crippen LogP contribution is -2.59. The Morgan fingerprint density at radius 1 is 1.46 bits per heavy atom. The molecule has 2 aliphatic heterocycles. The van der Waals surface area contributed by atoms with Crippen LogP contribution in [0.3, 0.4) is 0 Å². The number of carboxylic acid groups (broad SMARTS) is 1. The van der Waals surface area contributed by atoms with Gasteiger partial charge in [-0.05, 0) is 20.3 Å². The smallest absolute Gasteiger partial charge is 0.475 e. The molecule has 2 aliphatic rings. The molecule has 1 atom stereocenters. The number of aromatic nitrogens is 2. The summed E-state index contributed by atoms with van der Waals surface area (Å²) >= 11 is 3.76. The Bertz CT molecular complexity index is 576. The Kier molecular flexibility index (Phi) is 5.97. The number of thioether (sulfide) groups is 1. The van der Waals surface area contributed by atoms with Crippen LogP contribution in [0.4, 0.5) is 18.3 Å². The summed E-state index contributed by atoms with van der Waals surface area (Å²) in [4.78, 5) is 11.2. The van der Waals surface area contributed by atoms with Gasteiger partial charge in [-0.3, -0.25) is 0 Å². The highest BCUT2D eigenvalue weighted by molar-refractivity contribution is 8.01. The fourth-order valence-corrected chi connectivity index (χ4v) is 4.80. The molecular formula is C13H18F3N3O3S2. The summed E-state index contributed by atoms with van der Waals surface area (Å²) in [5.41, 5.74) is 0. The maximum absolute atomic E-state index is 10.6. The first-order chi connectivity index (χ1) is 11.1. The Hall–Kier alpha value is -1.07. The molecule has 1 aromatic heterocycles. The molecule has 24 heavy (non-hydrogen) atoms. The number of nitrogens with zero attached hydrogens (tertiary/aromatic N) is 3. The van der Waals surface area contributed by atoms with Gasteiger partial charge in [0.05, 0.1) is 10.9 Å². The van der Waals surface area contributed by atoms with Crippen molar-refractivity contribution in [3.8, 4) is 0 Å². The summed E-state index contributed by atoms with van der Waals surface area (Å²) < 4.78 is 37.9. The summed E-state index contributed by atoms with van der Waals surface area (Å²) in [6.45, 7) is 7.13. The fraction of sp³-hybridized carbons (Fsp3) is 0.769. The predicted molar refractivity (Wildman–Crippen MR) is 85.8 cm³/mol. The van der Waals surface area contributed by atoms with E-state index in [2.05, 4.69) is 33.8 Å². The van der Waals surface area contributed by atoms with Crippen LogP contribution in [0.2, 0.25) is 0 Å². The Morgan fingerprint density at radius 2 is 2.08 bits per heavy atom. The van der Waals surface area contributed by atoms with Gasteiger partial charge in [-0.15, -0.1) is 22.0 Å². The van der Waals surface area contributed by atoms with E-state index >= 15 is 0 Å². The summed E-state index contributed by atoms with van der Waals surface area (Å²) in [6, 6.07) is 0. The third-order valence-electron chi connectivity index (χ3n) is 3.56. The van der Waals surface area contributed by atoms with Gasteiger partial charge in [-0.25, -0.2) is 4.79 Å². The normalized spacial score (nSPS) is 22.0. The highest BCUT2D eigenvalue weighted by Gasteiger charge is 2.50. The highest BCUT2D eigenvalue weighted by Crippen LogP contribution is 2.47. The van der Waals surface area contributed by atoms with Crippen molar-refractivity contribution in [2.45, 2.75) is 37.3 Å². The zero-order valence-electron chi connectivity index (χ0n) is 13.2. The number of carboxylic acids is 1. The van der Waals surface area contributed by atoms with Crippen LogP contribution in [0.25, 0.3) is 0 Å². The molecule has 2 fully saturated rings. The lowest BCUT2D eigenvalue weighted by Gasteiger charge is -2.47. The topological polar surface area (TPSA) is 75.5 Å². The second-order valence-corrected chi connectivity index (χ2v) is 8.19. The standard InChI is InChI=1S/C11H17N3OS2.C2HF3O2/c1-3-15-9-4-11(16-5-9)6-14(7-11)10-13-12-8(2)17-10;3-2(4,5)1(6)7/h9H,3-7H2,1-2H3;(H,6,7). The molecular weight excluding hydrogens is 367 g/mol. The van der Waals surface area contributed by atoms with Gasteiger partial charge in [-0.1, -0.05) is 11.3 Å². The van der Waals surface area contributed by atoms with Crippen molar-refractivity contribution >= 4 is 34.2 Å². The molecule has 0 aliphatic carbocycles. The first kappa shape index (κ1) is 19.3. The molecule has 1 aromatic rings. The molecule has 1 N–H and O–H groups in total. The first-order valence-corrected chi connectivity index (χ1v) is 9.06. The second kappa shape index (κ2) is 7.44.